The summed E-state index contributed by atoms with van der Waals surface area (Å²) in [5, 5.41) is 7.20. The van der Waals surface area contributed by atoms with Gasteiger partial charge in [-0.15, -0.1) is 5.10 Å². The molecular weight excluding hydrogens is 282 g/mol. The van der Waals surface area contributed by atoms with E-state index in [9.17, 15) is 4.79 Å². The largest absolute Gasteiger partial charge is 0.347 e. The van der Waals surface area contributed by atoms with Gasteiger partial charge in [0, 0.05) is 20.6 Å². The number of nitrogens with one attached hydrogen (secondary N) is 2. The molecule has 0 saturated heterocycles. The van der Waals surface area contributed by atoms with Gasteiger partial charge in [-0.05, 0) is 18.7 Å². The van der Waals surface area contributed by atoms with Crippen LogP contribution in [0.2, 0.25) is 0 Å². The minimum absolute atomic E-state index is 0.243. The molecule has 0 aliphatic heterocycles. The number of anilines is 2. The Hall–Kier alpha value is -2.14. The molecule has 4 N–H and O–H groups in total. The molecule has 0 amide bonds. The van der Waals surface area contributed by atoms with Crippen molar-refractivity contribution in [1.29, 1.82) is 0 Å². The first kappa shape index (κ1) is 14.3. The van der Waals surface area contributed by atoms with E-state index in [1.165, 1.54) is 4.57 Å². The SMILES string of the molecule is CCn1c(Sc2nc(NN)nc(N(C)C)n2)n[nH]c1=O. The number of rotatable bonds is 5. The van der Waals surface area contributed by atoms with Gasteiger partial charge in [-0.3, -0.25) is 9.99 Å². The van der Waals surface area contributed by atoms with Gasteiger partial charge < -0.3 is 4.90 Å². The molecule has 0 bridgehead atoms. The maximum absolute atomic E-state index is 11.5. The van der Waals surface area contributed by atoms with Crippen molar-refractivity contribution in [3.63, 3.8) is 0 Å². The van der Waals surface area contributed by atoms with E-state index in [4.69, 9.17) is 5.84 Å². The van der Waals surface area contributed by atoms with Gasteiger partial charge >= 0.3 is 5.69 Å². The standard InChI is InChI=1S/C9H15N9OS/c1-4-18-8(19)15-16-9(18)20-7-12-5(14-10)11-6(13-7)17(2)3/h4,10H2,1-3H3,(H,15,19)(H,11,12,13,14). The molecule has 0 atom stereocenters. The molecular formula is C9H15N9OS. The predicted molar refractivity (Wildman–Crippen MR) is 74.6 cm³/mol. The molecule has 0 spiro atoms. The maximum atomic E-state index is 11.5. The molecule has 2 aromatic rings. The first-order chi connectivity index (χ1) is 9.55. The smallest absolute Gasteiger partial charge is 0.343 e. The van der Waals surface area contributed by atoms with Crippen molar-refractivity contribution in [1.82, 2.24) is 29.7 Å². The summed E-state index contributed by atoms with van der Waals surface area (Å²) >= 11 is 1.16. The van der Waals surface area contributed by atoms with Crippen molar-refractivity contribution in [2.24, 2.45) is 5.84 Å². The molecule has 0 aliphatic rings. The Kier molecular flexibility index (Phi) is 4.20. The molecule has 0 aliphatic carbocycles. The van der Waals surface area contributed by atoms with E-state index < -0.39 is 0 Å². The third kappa shape index (κ3) is 2.88. The molecule has 0 radical (unpaired) electrons. The fourth-order valence-corrected chi connectivity index (χ4v) is 2.23. The topological polar surface area (TPSA) is 131 Å². The number of hydrazine groups is 1. The second-order valence-electron chi connectivity index (χ2n) is 3.94. The highest BCUT2D eigenvalue weighted by Gasteiger charge is 2.13. The lowest BCUT2D eigenvalue weighted by molar-refractivity contribution is 0.659. The van der Waals surface area contributed by atoms with Crippen LogP contribution in [0.1, 0.15) is 6.92 Å². The summed E-state index contributed by atoms with van der Waals surface area (Å²) in [7, 11) is 3.61. The lowest BCUT2D eigenvalue weighted by atomic mass is 10.7. The van der Waals surface area contributed by atoms with Gasteiger partial charge in [0.05, 0.1) is 0 Å². The van der Waals surface area contributed by atoms with Crippen molar-refractivity contribution in [3.05, 3.63) is 10.5 Å². The van der Waals surface area contributed by atoms with E-state index in [0.717, 1.165) is 11.8 Å². The summed E-state index contributed by atoms with van der Waals surface area (Å²) in [6.45, 7) is 2.36. The fraction of sp³-hybridized carbons (Fsp3) is 0.444. The Morgan fingerprint density at radius 3 is 2.75 bits per heavy atom. The van der Waals surface area contributed by atoms with Crippen molar-refractivity contribution >= 4 is 23.7 Å². The Morgan fingerprint density at radius 2 is 2.15 bits per heavy atom. The molecule has 10 nitrogen and oxygen atoms in total. The van der Waals surface area contributed by atoms with E-state index in [2.05, 4.69) is 30.6 Å². The molecule has 2 rings (SSSR count). The van der Waals surface area contributed by atoms with Crippen LogP contribution in [0.5, 0.6) is 0 Å². The zero-order chi connectivity index (χ0) is 14.7. The van der Waals surface area contributed by atoms with Gasteiger partial charge in [0.2, 0.25) is 17.1 Å². The number of aromatic nitrogens is 6. The highest BCUT2D eigenvalue weighted by molar-refractivity contribution is 7.99. The van der Waals surface area contributed by atoms with E-state index in [1.54, 1.807) is 19.0 Å². The maximum Gasteiger partial charge on any atom is 0.343 e. The minimum atomic E-state index is -0.269. The van der Waals surface area contributed by atoms with Crippen molar-refractivity contribution < 1.29 is 0 Å². The normalized spacial score (nSPS) is 10.6. The Balaban J connectivity index is 2.37. The molecule has 0 saturated carbocycles. The Bertz CT molecular complexity index is 649. The van der Waals surface area contributed by atoms with E-state index in [1.807, 2.05) is 6.92 Å². The first-order valence-corrected chi connectivity index (χ1v) is 6.59. The van der Waals surface area contributed by atoms with Crippen LogP contribution in [-0.4, -0.2) is 43.8 Å². The third-order valence-corrected chi connectivity index (χ3v) is 3.21. The Morgan fingerprint density at radius 1 is 1.40 bits per heavy atom. The quantitative estimate of drug-likeness (QED) is 0.483. The van der Waals surface area contributed by atoms with Gasteiger partial charge in [-0.25, -0.2) is 15.7 Å². The molecule has 2 heterocycles. The number of H-pyrrole nitrogens is 1. The molecule has 2 aromatic heterocycles. The number of nitrogen functional groups attached to an aromatic ring is 1. The summed E-state index contributed by atoms with van der Waals surface area (Å²) in [5.41, 5.74) is 2.11. The predicted octanol–water partition coefficient (Wildman–Crippen LogP) is -0.721. The van der Waals surface area contributed by atoms with Crippen LogP contribution in [0.15, 0.2) is 15.1 Å². The third-order valence-electron chi connectivity index (χ3n) is 2.35. The lowest BCUT2D eigenvalue weighted by Crippen LogP contribution is -2.18. The number of hydrogen-bond acceptors (Lipinski definition) is 9. The Labute approximate surface area is 118 Å². The highest BCUT2D eigenvalue weighted by atomic mass is 32.2. The number of nitrogens with zero attached hydrogens (tertiary/aromatic N) is 6. The second kappa shape index (κ2) is 5.88. The number of aromatic amines is 1. The van der Waals surface area contributed by atoms with Crippen molar-refractivity contribution in [2.75, 3.05) is 24.4 Å². The van der Waals surface area contributed by atoms with Crippen molar-refractivity contribution in [2.45, 2.75) is 23.8 Å². The average Bonchev–Trinajstić information content (AvgIpc) is 2.78. The van der Waals surface area contributed by atoms with Gasteiger partial charge in [-0.1, -0.05) is 0 Å². The number of nitrogens with two attached hydrogens (primary N) is 1. The summed E-state index contributed by atoms with van der Waals surface area (Å²) in [6, 6.07) is 0. The fourth-order valence-electron chi connectivity index (χ4n) is 1.40. The van der Waals surface area contributed by atoms with Crippen molar-refractivity contribution in [3.8, 4) is 0 Å². The van der Waals surface area contributed by atoms with Crippen LogP contribution in [0, 0.1) is 0 Å². The lowest BCUT2D eigenvalue weighted by Gasteiger charge is -2.11. The summed E-state index contributed by atoms with van der Waals surface area (Å²) in [4.78, 5) is 25.7. The zero-order valence-corrected chi connectivity index (χ0v) is 12.1. The molecule has 0 unspecified atom stereocenters. The van der Waals surface area contributed by atoms with Gasteiger partial charge in [0.1, 0.15) is 0 Å². The second-order valence-corrected chi connectivity index (χ2v) is 4.87. The van der Waals surface area contributed by atoms with Gasteiger partial charge in [-0.2, -0.15) is 15.0 Å². The van der Waals surface area contributed by atoms with Crippen LogP contribution in [0.25, 0.3) is 0 Å². The van der Waals surface area contributed by atoms with E-state index in [-0.39, 0.29) is 11.6 Å². The number of hydrogen-bond donors (Lipinski definition) is 3. The van der Waals surface area contributed by atoms with Crippen LogP contribution in [0.4, 0.5) is 11.9 Å². The summed E-state index contributed by atoms with van der Waals surface area (Å²) < 4.78 is 1.49. The van der Waals surface area contributed by atoms with Gasteiger partial charge in [0.15, 0.2) is 5.16 Å². The molecule has 0 fully saturated rings. The first-order valence-electron chi connectivity index (χ1n) is 5.78. The zero-order valence-electron chi connectivity index (χ0n) is 11.3. The summed E-state index contributed by atoms with van der Waals surface area (Å²) in [5.74, 6) is 6.03. The van der Waals surface area contributed by atoms with Gasteiger partial charge in [0.25, 0.3) is 0 Å². The summed E-state index contributed by atoms with van der Waals surface area (Å²) in [6.07, 6.45) is 0. The van der Waals surface area contributed by atoms with Crippen LogP contribution < -0.4 is 21.9 Å². The van der Waals surface area contributed by atoms with Crippen LogP contribution in [-0.2, 0) is 6.54 Å². The van der Waals surface area contributed by atoms with Crippen LogP contribution >= 0.6 is 11.8 Å². The molecule has 11 heteroatoms. The van der Waals surface area contributed by atoms with E-state index >= 15 is 0 Å². The molecule has 108 valence electrons. The minimum Gasteiger partial charge on any atom is -0.347 e. The molecule has 0 aromatic carbocycles. The van der Waals surface area contributed by atoms with E-state index in [0.29, 0.717) is 22.8 Å². The van der Waals surface area contributed by atoms with Crippen LogP contribution in [0.3, 0.4) is 0 Å². The highest BCUT2D eigenvalue weighted by Crippen LogP contribution is 2.23. The average molecular weight is 297 g/mol. The molecule has 20 heavy (non-hydrogen) atoms. The monoisotopic (exact) mass is 297 g/mol.